The molecule has 2 aliphatic rings. The number of nitrogens with zero attached hydrogens (tertiary/aromatic N) is 1. The van der Waals surface area contributed by atoms with Gasteiger partial charge in [0.2, 0.25) is 0 Å². The average Bonchev–Trinajstić information content (AvgIpc) is 2.20. The van der Waals surface area contributed by atoms with E-state index in [1.807, 2.05) is 0 Å². The maximum absolute atomic E-state index is 2.73. The van der Waals surface area contributed by atoms with E-state index in [1.165, 1.54) is 51.7 Å². The molecular formula is C15H29N. The van der Waals surface area contributed by atoms with Gasteiger partial charge in [-0.15, -0.1) is 0 Å². The van der Waals surface area contributed by atoms with Gasteiger partial charge in [0.1, 0.15) is 0 Å². The van der Waals surface area contributed by atoms with E-state index in [0.29, 0.717) is 0 Å². The summed E-state index contributed by atoms with van der Waals surface area (Å²) in [6.07, 6.45) is 7.29. The van der Waals surface area contributed by atoms with Gasteiger partial charge in [-0.25, -0.2) is 0 Å². The van der Waals surface area contributed by atoms with Crippen LogP contribution in [0.2, 0.25) is 0 Å². The molecule has 0 aromatic heterocycles. The predicted molar refractivity (Wildman–Crippen MR) is 70.5 cm³/mol. The molecule has 1 heteroatoms. The highest BCUT2D eigenvalue weighted by atomic mass is 15.1. The first-order valence-electron chi connectivity index (χ1n) is 7.35. The number of piperidine rings is 1. The Morgan fingerprint density at radius 2 is 1.38 bits per heavy atom. The summed E-state index contributed by atoms with van der Waals surface area (Å²) in [4.78, 5) is 2.73. The highest BCUT2D eigenvalue weighted by molar-refractivity contribution is 4.79. The quantitative estimate of drug-likeness (QED) is 0.688. The van der Waals surface area contributed by atoms with Gasteiger partial charge < -0.3 is 4.90 Å². The van der Waals surface area contributed by atoms with Crippen LogP contribution < -0.4 is 0 Å². The predicted octanol–water partition coefficient (Wildman–Crippen LogP) is 3.79. The molecular weight excluding hydrogens is 194 g/mol. The third-order valence-corrected chi connectivity index (χ3v) is 4.67. The second-order valence-corrected chi connectivity index (χ2v) is 6.77. The summed E-state index contributed by atoms with van der Waals surface area (Å²) >= 11 is 0. The Labute approximate surface area is 102 Å². The summed E-state index contributed by atoms with van der Waals surface area (Å²) in [5.41, 5.74) is 0. The molecule has 2 atom stereocenters. The SMILES string of the molecule is CC1CCN(CC2CC(C)CC(C)C2)CC1. The smallest absolute Gasteiger partial charge is 0.000986 e. The van der Waals surface area contributed by atoms with Gasteiger partial charge in [0.05, 0.1) is 0 Å². The van der Waals surface area contributed by atoms with Crippen molar-refractivity contribution in [1.29, 1.82) is 0 Å². The van der Waals surface area contributed by atoms with Crippen molar-refractivity contribution in [1.82, 2.24) is 4.90 Å². The Morgan fingerprint density at radius 3 is 1.94 bits per heavy atom. The highest BCUT2D eigenvalue weighted by Gasteiger charge is 2.26. The standard InChI is InChI=1S/C15H29N/c1-12-4-6-16(7-5-12)11-15-9-13(2)8-14(3)10-15/h12-15H,4-11H2,1-3H3. The minimum absolute atomic E-state index is 0.970. The lowest BCUT2D eigenvalue weighted by Gasteiger charge is -2.37. The molecule has 0 bridgehead atoms. The van der Waals surface area contributed by atoms with Crippen LogP contribution in [0.1, 0.15) is 52.9 Å². The van der Waals surface area contributed by atoms with Gasteiger partial charge in [-0.2, -0.15) is 0 Å². The van der Waals surface area contributed by atoms with Gasteiger partial charge in [0.15, 0.2) is 0 Å². The molecule has 0 aromatic rings. The van der Waals surface area contributed by atoms with E-state index >= 15 is 0 Å². The summed E-state index contributed by atoms with van der Waals surface area (Å²) in [6.45, 7) is 11.4. The summed E-state index contributed by atoms with van der Waals surface area (Å²) in [5, 5.41) is 0. The van der Waals surface area contributed by atoms with Crippen molar-refractivity contribution in [3.8, 4) is 0 Å². The zero-order valence-corrected chi connectivity index (χ0v) is 11.4. The van der Waals surface area contributed by atoms with Gasteiger partial charge in [-0.05, 0) is 68.9 Å². The Balaban J connectivity index is 1.76. The molecule has 94 valence electrons. The number of hydrogen-bond donors (Lipinski definition) is 0. The van der Waals surface area contributed by atoms with E-state index < -0.39 is 0 Å². The fraction of sp³-hybridized carbons (Fsp3) is 1.00. The number of likely N-dealkylation sites (tertiary alicyclic amines) is 1. The summed E-state index contributed by atoms with van der Waals surface area (Å²) in [7, 11) is 0. The maximum Gasteiger partial charge on any atom is 0.000986 e. The molecule has 0 radical (unpaired) electrons. The van der Waals surface area contributed by atoms with Crippen molar-refractivity contribution in [2.24, 2.45) is 23.7 Å². The molecule has 2 rings (SSSR count). The number of hydrogen-bond acceptors (Lipinski definition) is 1. The van der Waals surface area contributed by atoms with E-state index in [0.717, 1.165) is 23.7 Å². The summed E-state index contributed by atoms with van der Waals surface area (Å²) < 4.78 is 0. The molecule has 0 aromatic carbocycles. The maximum atomic E-state index is 2.73. The third kappa shape index (κ3) is 3.48. The van der Waals surface area contributed by atoms with Crippen LogP contribution in [0.5, 0.6) is 0 Å². The van der Waals surface area contributed by atoms with Crippen LogP contribution in [0.3, 0.4) is 0 Å². The molecule has 1 aliphatic heterocycles. The molecule has 2 unspecified atom stereocenters. The monoisotopic (exact) mass is 223 g/mol. The van der Waals surface area contributed by atoms with E-state index in [-0.39, 0.29) is 0 Å². The highest BCUT2D eigenvalue weighted by Crippen LogP contribution is 2.33. The van der Waals surface area contributed by atoms with Crippen molar-refractivity contribution in [3.63, 3.8) is 0 Å². The molecule has 1 aliphatic carbocycles. The molecule has 0 spiro atoms. The van der Waals surface area contributed by atoms with Crippen LogP contribution >= 0.6 is 0 Å². The first-order chi connectivity index (χ1) is 7.63. The zero-order valence-electron chi connectivity index (χ0n) is 11.4. The second-order valence-electron chi connectivity index (χ2n) is 6.77. The fourth-order valence-corrected chi connectivity index (χ4v) is 3.87. The van der Waals surface area contributed by atoms with Crippen molar-refractivity contribution < 1.29 is 0 Å². The van der Waals surface area contributed by atoms with E-state index in [2.05, 4.69) is 25.7 Å². The fourth-order valence-electron chi connectivity index (χ4n) is 3.87. The Hall–Kier alpha value is -0.0400. The Bertz CT molecular complexity index is 195. The van der Waals surface area contributed by atoms with Crippen LogP contribution in [-0.4, -0.2) is 24.5 Å². The van der Waals surface area contributed by atoms with Crippen molar-refractivity contribution >= 4 is 0 Å². The molecule has 1 saturated carbocycles. The topological polar surface area (TPSA) is 3.24 Å². The second kappa shape index (κ2) is 5.53. The van der Waals surface area contributed by atoms with Crippen LogP contribution in [0.25, 0.3) is 0 Å². The third-order valence-electron chi connectivity index (χ3n) is 4.67. The lowest BCUT2D eigenvalue weighted by atomic mass is 9.76. The summed E-state index contributed by atoms with van der Waals surface area (Å²) in [6, 6.07) is 0. The van der Waals surface area contributed by atoms with Gasteiger partial charge in [0, 0.05) is 6.54 Å². The summed E-state index contributed by atoms with van der Waals surface area (Å²) in [5.74, 6) is 3.91. The lowest BCUT2D eigenvalue weighted by molar-refractivity contribution is 0.123. The zero-order chi connectivity index (χ0) is 11.5. The Morgan fingerprint density at radius 1 is 0.812 bits per heavy atom. The van der Waals surface area contributed by atoms with E-state index in [1.54, 1.807) is 0 Å². The lowest BCUT2D eigenvalue weighted by Crippen LogP contribution is -2.38. The van der Waals surface area contributed by atoms with Crippen molar-refractivity contribution in [2.75, 3.05) is 19.6 Å². The van der Waals surface area contributed by atoms with Gasteiger partial charge in [-0.1, -0.05) is 20.8 Å². The largest absolute Gasteiger partial charge is 0.303 e. The molecule has 2 fully saturated rings. The van der Waals surface area contributed by atoms with Gasteiger partial charge >= 0.3 is 0 Å². The van der Waals surface area contributed by atoms with Crippen molar-refractivity contribution in [2.45, 2.75) is 52.9 Å². The van der Waals surface area contributed by atoms with Crippen LogP contribution in [0.4, 0.5) is 0 Å². The normalized spacial score (nSPS) is 38.8. The molecule has 1 saturated heterocycles. The molecule has 16 heavy (non-hydrogen) atoms. The minimum Gasteiger partial charge on any atom is -0.303 e. The van der Waals surface area contributed by atoms with Crippen molar-refractivity contribution in [3.05, 3.63) is 0 Å². The average molecular weight is 223 g/mol. The Kier molecular flexibility index (Phi) is 4.29. The first kappa shape index (κ1) is 12.4. The molecule has 1 nitrogen and oxygen atoms in total. The van der Waals surface area contributed by atoms with E-state index in [9.17, 15) is 0 Å². The van der Waals surface area contributed by atoms with Crippen LogP contribution in [0.15, 0.2) is 0 Å². The van der Waals surface area contributed by atoms with E-state index in [4.69, 9.17) is 0 Å². The molecule has 0 N–H and O–H groups in total. The first-order valence-corrected chi connectivity index (χ1v) is 7.35. The number of rotatable bonds is 2. The van der Waals surface area contributed by atoms with Gasteiger partial charge in [0.25, 0.3) is 0 Å². The minimum atomic E-state index is 0.970. The molecule has 1 heterocycles. The van der Waals surface area contributed by atoms with Crippen LogP contribution in [-0.2, 0) is 0 Å². The van der Waals surface area contributed by atoms with Crippen LogP contribution in [0, 0.1) is 23.7 Å². The molecule has 0 amide bonds. The van der Waals surface area contributed by atoms with Gasteiger partial charge in [-0.3, -0.25) is 0 Å².